The maximum absolute atomic E-state index is 5.75. The first kappa shape index (κ1) is 17.6. The molecule has 0 unspecified atom stereocenters. The third-order valence-electron chi connectivity index (χ3n) is 3.33. The topological polar surface area (TPSA) is 55.2 Å². The maximum atomic E-state index is 5.75. The summed E-state index contributed by atoms with van der Waals surface area (Å²) in [6.45, 7) is 3.98. The Morgan fingerprint density at radius 3 is 2.80 bits per heavy atom. The van der Waals surface area contributed by atoms with Crippen LogP contribution in [0.4, 0.5) is 0 Å². The Balaban J connectivity index is 1.98. The second-order valence-electron chi connectivity index (χ2n) is 5.62. The van der Waals surface area contributed by atoms with Crippen molar-refractivity contribution in [3.63, 3.8) is 0 Å². The van der Waals surface area contributed by atoms with Crippen LogP contribution in [0.5, 0.6) is 5.75 Å². The first-order valence-corrected chi connectivity index (χ1v) is 8.98. The van der Waals surface area contributed by atoms with E-state index in [-0.39, 0.29) is 6.10 Å². The molecule has 0 spiro atoms. The highest BCUT2D eigenvalue weighted by molar-refractivity contribution is 9.10. The molecule has 3 rings (SSSR count). The number of aromatic nitrogens is 3. The number of benzene rings is 2. The fraction of sp³-hybridized carbons (Fsp3) is 0.167. The van der Waals surface area contributed by atoms with Crippen LogP contribution in [0.3, 0.4) is 0 Å². The zero-order chi connectivity index (χ0) is 17.8. The van der Waals surface area contributed by atoms with Crippen LogP contribution in [0.2, 0.25) is 0 Å². The van der Waals surface area contributed by atoms with Crippen LogP contribution in [0.15, 0.2) is 58.1 Å². The largest absolute Gasteiger partial charge is 0.491 e. The van der Waals surface area contributed by atoms with E-state index in [1.807, 2.05) is 62.4 Å². The van der Waals surface area contributed by atoms with Gasteiger partial charge < -0.3 is 4.74 Å². The molecule has 25 heavy (non-hydrogen) atoms. The highest BCUT2D eigenvalue weighted by Gasteiger charge is 2.10. The number of halogens is 1. The number of nitrogens with one attached hydrogen (secondary N) is 1. The van der Waals surface area contributed by atoms with E-state index in [1.54, 1.807) is 10.9 Å². The van der Waals surface area contributed by atoms with Crippen LogP contribution in [0.25, 0.3) is 11.4 Å². The van der Waals surface area contributed by atoms with Crippen molar-refractivity contribution in [3.8, 4) is 17.1 Å². The zero-order valence-electron chi connectivity index (χ0n) is 13.8. The first-order valence-electron chi connectivity index (χ1n) is 7.78. The molecule has 0 aliphatic carbocycles. The van der Waals surface area contributed by atoms with Crippen molar-refractivity contribution in [2.45, 2.75) is 20.0 Å². The normalized spacial score (nSPS) is 11.4. The molecular weight excluding hydrogens is 400 g/mol. The number of aromatic amines is 1. The van der Waals surface area contributed by atoms with E-state index >= 15 is 0 Å². The van der Waals surface area contributed by atoms with Crippen molar-refractivity contribution in [2.24, 2.45) is 5.10 Å². The number of rotatable bonds is 5. The third-order valence-corrected chi connectivity index (χ3v) is 4.32. The molecule has 0 radical (unpaired) electrons. The quantitative estimate of drug-likeness (QED) is 0.468. The summed E-state index contributed by atoms with van der Waals surface area (Å²) < 4.78 is 8.74. The Morgan fingerprint density at radius 2 is 2.04 bits per heavy atom. The summed E-state index contributed by atoms with van der Waals surface area (Å²) >= 11 is 8.82. The maximum Gasteiger partial charge on any atom is 0.216 e. The predicted molar refractivity (Wildman–Crippen MR) is 106 cm³/mol. The predicted octanol–water partition coefficient (Wildman–Crippen LogP) is 5.04. The van der Waals surface area contributed by atoms with Gasteiger partial charge >= 0.3 is 0 Å². The van der Waals surface area contributed by atoms with Gasteiger partial charge in [0.25, 0.3) is 0 Å². The standard InChI is InChI=1S/C18H17BrN4OS/c1-12(2)24-15-8-5-7-13(10-15)17-21-22-18(25)23(17)20-11-14-6-3-4-9-16(14)19/h3-12H,1-2H3,(H,22,25)/b20-11+. The highest BCUT2D eigenvalue weighted by atomic mass is 79.9. The van der Waals surface area contributed by atoms with E-state index in [4.69, 9.17) is 17.0 Å². The van der Waals surface area contributed by atoms with Gasteiger partial charge in [0, 0.05) is 15.6 Å². The van der Waals surface area contributed by atoms with Crippen molar-refractivity contribution in [1.29, 1.82) is 0 Å². The monoisotopic (exact) mass is 416 g/mol. The summed E-state index contributed by atoms with van der Waals surface area (Å²) in [4.78, 5) is 0. The second-order valence-corrected chi connectivity index (χ2v) is 6.87. The SMILES string of the molecule is CC(C)Oc1cccc(-c2n[nH]c(=S)n2/N=C/c2ccccc2Br)c1. The summed E-state index contributed by atoms with van der Waals surface area (Å²) in [5, 5.41) is 11.6. The lowest BCUT2D eigenvalue weighted by molar-refractivity contribution is 0.242. The van der Waals surface area contributed by atoms with Gasteiger partial charge in [0.1, 0.15) is 5.75 Å². The van der Waals surface area contributed by atoms with E-state index in [9.17, 15) is 0 Å². The number of hydrogen-bond acceptors (Lipinski definition) is 4. The van der Waals surface area contributed by atoms with Crippen molar-refractivity contribution < 1.29 is 4.74 Å². The van der Waals surface area contributed by atoms with Crippen molar-refractivity contribution in [3.05, 3.63) is 63.3 Å². The molecular formula is C18H17BrN4OS. The summed E-state index contributed by atoms with van der Waals surface area (Å²) in [6, 6.07) is 15.5. The summed E-state index contributed by atoms with van der Waals surface area (Å²) in [5.41, 5.74) is 1.82. The van der Waals surface area contributed by atoms with Gasteiger partial charge in [-0.25, -0.2) is 5.10 Å². The van der Waals surface area contributed by atoms with Gasteiger partial charge in [-0.2, -0.15) is 14.9 Å². The fourth-order valence-electron chi connectivity index (χ4n) is 2.27. The van der Waals surface area contributed by atoms with E-state index in [1.165, 1.54) is 0 Å². The molecule has 0 aliphatic heterocycles. The summed E-state index contributed by atoms with van der Waals surface area (Å²) in [5.74, 6) is 1.41. The van der Waals surface area contributed by atoms with Crippen molar-refractivity contribution in [1.82, 2.24) is 14.9 Å². The molecule has 0 aliphatic rings. The van der Waals surface area contributed by atoms with Crippen molar-refractivity contribution in [2.75, 3.05) is 0 Å². The van der Waals surface area contributed by atoms with Crippen LogP contribution >= 0.6 is 28.1 Å². The minimum absolute atomic E-state index is 0.101. The minimum Gasteiger partial charge on any atom is -0.491 e. The molecule has 128 valence electrons. The molecule has 3 aromatic rings. The third kappa shape index (κ3) is 4.24. The second kappa shape index (κ2) is 7.76. The molecule has 1 heterocycles. The van der Waals surface area contributed by atoms with E-state index in [0.717, 1.165) is 21.3 Å². The molecule has 5 nitrogen and oxygen atoms in total. The fourth-order valence-corrected chi connectivity index (χ4v) is 2.83. The molecule has 7 heteroatoms. The molecule has 2 aromatic carbocycles. The Hall–Kier alpha value is -2.25. The molecule has 0 bridgehead atoms. The van der Waals surface area contributed by atoms with E-state index < -0.39 is 0 Å². The first-order chi connectivity index (χ1) is 12.0. The lowest BCUT2D eigenvalue weighted by atomic mass is 10.2. The molecule has 0 saturated heterocycles. The van der Waals surface area contributed by atoms with Gasteiger partial charge in [0.05, 0.1) is 12.3 Å². The molecule has 1 aromatic heterocycles. The van der Waals surface area contributed by atoms with Gasteiger partial charge in [-0.1, -0.05) is 46.3 Å². The number of hydrogen-bond donors (Lipinski definition) is 1. The smallest absolute Gasteiger partial charge is 0.216 e. The average molecular weight is 417 g/mol. The summed E-state index contributed by atoms with van der Waals surface area (Å²) in [6.07, 6.45) is 1.84. The molecule has 0 amide bonds. The van der Waals surface area contributed by atoms with Gasteiger partial charge in [0.15, 0.2) is 5.82 Å². The Bertz CT molecular complexity index is 961. The number of H-pyrrole nitrogens is 1. The number of ether oxygens (including phenoxy) is 1. The number of nitrogens with zero attached hydrogens (tertiary/aromatic N) is 3. The van der Waals surface area contributed by atoms with E-state index in [0.29, 0.717) is 10.6 Å². The zero-order valence-corrected chi connectivity index (χ0v) is 16.2. The Labute approximate surface area is 159 Å². The van der Waals surface area contributed by atoms with Crippen LogP contribution in [0.1, 0.15) is 19.4 Å². The van der Waals surface area contributed by atoms with Crippen LogP contribution in [-0.2, 0) is 0 Å². The van der Waals surface area contributed by atoms with Gasteiger partial charge in [-0.15, -0.1) is 0 Å². The average Bonchev–Trinajstić information content (AvgIpc) is 2.95. The Morgan fingerprint density at radius 1 is 1.24 bits per heavy atom. The molecule has 0 saturated carbocycles. The van der Waals surface area contributed by atoms with Crippen LogP contribution in [-0.4, -0.2) is 27.2 Å². The van der Waals surface area contributed by atoms with Crippen LogP contribution in [0, 0.1) is 4.77 Å². The van der Waals surface area contributed by atoms with Gasteiger partial charge in [0.2, 0.25) is 4.77 Å². The lowest BCUT2D eigenvalue weighted by Gasteiger charge is -2.10. The lowest BCUT2D eigenvalue weighted by Crippen LogP contribution is -2.05. The molecule has 1 N–H and O–H groups in total. The molecule has 0 atom stereocenters. The highest BCUT2D eigenvalue weighted by Crippen LogP contribution is 2.23. The van der Waals surface area contributed by atoms with Crippen molar-refractivity contribution >= 4 is 34.4 Å². The molecule has 0 fully saturated rings. The van der Waals surface area contributed by atoms with Gasteiger partial charge in [-0.05, 0) is 44.3 Å². The minimum atomic E-state index is 0.101. The van der Waals surface area contributed by atoms with E-state index in [2.05, 4.69) is 31.2 Å². The summed E-state index contributed by atoms with van der Waals surface area (Å²) in [7, 11) is 0. The Kier molecular flexibility index (Phi) is 5.45. The van der Waals surface area contributed by atoms with Gasteiger partial charge in [-0.3, -0.25) is 0 Å². The van der Waals surface area contributed by atoms with Crippen LogP contribution < -0.4 is 4.74 Å².